The van der Waals surface area contributed by atoms with Gasteiger partial charge in [-0.1, -0.05) is 0 Å². The third kappa shape index (κ3) is 2.54. The molecule has 0 aliphatic carbocycles. The van der Waals surface area contributed by atoms with Crippen LogP contribution in [0.5, 0.6) is 0 Å². The van der Waals surface area contributed by atoms with E-state index in [2.05, 4.69) is 23.3 Å². The van der Waals surface area contributed by atoms with Gasteiger partial charge in [0, 0.05) is 43.0 Å². The van der Waals surface area contributed by atoms with Gasteiger partial charge in [-0.15, -0.1) is 0 Å². The second-order valence-electron chi connectivity index (χ2n) is 5.37. The fourth-order valence-electron chi connectivity index (χ4n) is 2.88. The molecule has 98 valence electrons. The Bertz CT molecular complexity index is 410. The smallest absolute Gasteiger partial charge is 0.133 e. The van der Waals surface area contributed by atoms with E-state index in [1.165, 1.54) is 5.69 Å². The molecule has 3 heterocycles. The fraction of sp³-hybridized carbons (Fsp3) is 0.714. The Morgan fingerprint density at radius 3 is 2.72 bits per heavy atom. The molecule has 2 aliphatic rings. The van der Waals surface area contributed by atoms with Crippen LogP contribution in [-0.2, 0) is 4.74 Å². The van der Waals surface area contributed by atoms with Crippen molar-refractivity contribution in [2.45, 2.75) is 38.0 Å². The maximum Gasteiger partial charge on any atom is 0.133 e. The van der Waals surface area contributed by atoms with Crippen LogP contribution in [0.25, 0.3) is 0 Å². The van der Waals surface area contributed by atoms with Crippen LogP contribution in [-0.4, -0.2) is 36.3 Å². The minimum atomic E-state index is 0.503. The highest BCUT2D eigenvalue weighted by molar-refractivity contribution is 5.17. The Kier molecular flexibility index (Phi) is 3.57. The van der Waals surface area contributed by atoms with Gasteiger partial charge in [0.15, 0.2) is 0 Å². The van der Waals surface area contributed by atoms with Crippen LogP contribution in [0.4, 0.5) is 0 Å². The van der Waals surface area contributed by atoms with Gasteiger partial charge in [-0.3, -0.25) is 0 Å². The Morgan fingerprint density at radius 2 is 2.00 bits per heavy atom. The summed E-state index contributed by atoms with van der Waals surface area (Å²) in [5, 5.41) is 3.39. The van der Waals surface area contributed by atoms with Crippen molar-refractivity contribution in [2.24, 2.45) is 0 Å². The molecule has 0 amide bonds. The monoisotopic (exact) mass is 247 g/mol. The van der Waals surface area contributed by atoms with E-state index in [-0.39, 0.29) is 0 Å². The first-order chi connectivity index (χ1) is 8.83. The lowest BCUT2D eigenvalue weighted by Crippen LogP contribution is -2.17. The number of nitrogens with one attached hydrogen (secondary N) is 1. The van der Waals surface area contributed by atoms with Gasteiger partial charge in [0.1, 0.15) is 5.82 Å². The second-order valence-corrected chi connectivity index (χ2v) is 5.37. The molecule has 4 heteroatoms. The van der Waals surface area contributed by atoms with Gasteiger partial charge in [-0.2, -0.15) is 0 Å². The maximum atomic E-state index is 5.43. The van der Waals surface area contributed by atoms with E-state index < -0.39 is 0 Å². The standard InChI is InChI=1S/C14H21N3O/c1-10-8-13(11-3-6-18-7-4-11)17-14(16-10)12-2-5-15-9-12/h8,11-12,15H,2-7,9H2,1H3. The molecule has 0 bridgehead atoms. The van der Waals surface area contributed by atoms with E-state index in [1.807, 2.05) is 0 Å². The molecule has 4 nitrogen and oxygen atoms in total. The molecule has 1 aromatic rings. The van der Waals surface area contributed by atoms with E-state index >= 15 is 0 Å². The van der Waals surface area contributed by atoms with Crippen molar-refractivity contribution in [3.63, 3.8) is 0 Å². The van der Waals surface area contributed by atoms with Gasteiger partial charge in [0.05, 0.1) is 0 Å². The predicted octanol–water partition coefficient (Wildman–Crippen LogP) is 1.76. The molecule has 0 aromatic carbocycles. The zero-order chi connectivity index (χ0) is 12.4. The first-order valence-electron chi connectivity index (χ1n) is 6.97. The number of aromatic nitrogens is 2. The second kappa shape index (κ2) is 5.33. The zero-order valence-electron chi connectivity index (χ0n) is 11.0. The topological polar surface area (TPSA) is 47.0 Å². The van der Waals surface area contributed by atoms with Crippen LogP contribution in [0.3, 0.4) is 0 Å². The number of aryl methyl sites for hydroxylation is 1. The van der Waals surface area contributed by atoms with Crippen molar-refractivity contribution in [2.75, 3.05) is 26.3 Å². The summed E-state index contributed by atoms with van der Waals surface area (Å²) < 4.78 is 5.43. The number of nitrogens with zero attached hydrogens (tertiary/aromatic N) is 2. The molecule has 0 spiro atoms. The summed E-state index contributed by atoms with van der Waals surface area (Å²) in [5.74, 6) is 2.11. The zero-order valence-corrected chi connectivity index (χ0v) is 11.0. The van der Waals surface area contributed by atoms with E-state index in [9.17, 15) is 0 Å². The lowest BCUT2D eigenvalue weighted by atomic mass is 9.95. The molecular formula is C14H21N3O. The highest BCUT2D eigenvalue weighted by Crippen LogP contribution is 2.27. The van der Waals surface area contributed by atoms with Crippen LogP contribution in [0, 0.1) is 6.92 Å². The molecule has 1 aromatic heterocycles. The minimum Gasteiger partial charge on any atom is -0.381 e. The van der Waals surface area contributed by atoms with Crippen LogP contribution >= 0.6 is 0 Å². The van der Waals surface area contributed by atoms with Crippen molar-refractivity contribution in [3.8, 4) is 0 Å². The number of ether oxygens (including phenoxy) is 1. The van der Waals surface area contributed by atoms with Gasteiger partial charge >= 0.3 is 0 Å². The van der Waals surface area contributed by atoms with E-state index in [0.29, 0.717) is 11.8 Å². The fourth-order valence-corrected chi connectivity index (χ4v) is 2.88. The lowest BCUT2D eigenvalue weighted by Gasteiger charge is -2.22. The quantitative estimate of drug-likeness (QED) is 0.865. The highest BCUT2D eigenvalue weighted by Gasteiger charge is 2.23. The third-order valence-corrected chi connectivity index (χ3v) is 3.96. The van der Waals surface area contributed by atoms with Crippen LogP contribution in [0.15, 0.2) is 6.07 Å². The molecule has 0 radical (unpaired) electrons. The molecule has 2 fully saturated rings. The number of hydrogen-bond acceptors (Lipinski definition) is 4. The van der Waals surface area contributed by atoms with Gasteiger partial charge in [-0.05, 0) is 38.8 Å². The Hall–Kier alpha value is -1.00. The summed E-state index contributed by atoms with van der Waals surface area (Å²) in [6.45, 7) is 5.93. The predicted molar refractivity (Wildman–Crippen MR) is 69.8 cm³/mol. The average Bonchev–Trinajstić information content (AvgIpc) is 2.93. The molecule has 18 heavy (non-hydrogen) atoms. The van der Waals surface area contributed by atoms with Crippen molar-refractivity contribution >= 4 is 0 Å². The molecule has 1 atom stereocenters. The SMILES string of the molecule is Cc1cc(C2CCOCC2)nc(C2CCNC2)n1. The van der Waals surface area contributed by atoms with E-state index in [0.717, 1.165) is 57.1 Å². The summed E-state index contributed by atoms with van der Waals surface area (Å²) in [5.41, 5.74) is 2.33. The van der Waals surface area contributed by atoms with Gasteiger partial charge < -0.3 is 10.1 Å². The first-order valence-corrected chi connectivity index (χ1v) is 6.97. The Balaban J connectivity index is 1.84. The summed E-state index contributed by atoms with van der Waals surface area (Å²) in [6, 6.07) is 2.15. The first kappa shape index (κ1) is 12.1. The molecule has 2 saturated heterocycles. The van der Waals surface area contributed by atoms with Crippen LogP contribution in [0.2, 0.25) is 0 Å². The minimum absolute atomic E-state index is 0.503. The molecule has 1 N–H and O–H groups in total. The molecule has 1 unspecified atom stereocenters. The van der Waals surface area contributed by atoms with E-state index in [1.54, 1.807) is 0 Å². The summed E-state index contributed by atoms with van der Waals surface area (Å²) in [7, 11) is 0. The number of hydrogen-bond donors (Lipinski definition) is 1. The van der Waals surface area contributed by atoms with Crippen molar-refractivity contribution in [1.29, 1.82) is 0 Å². The average molecular weight is 247 g/mol. The normalized spacial score (nSPS) is 25.5. The Morgan fingerprint density at radius 1 is 1.17 bits per heavy atom. The summed E-state index contributed by atoms with van der Waals surface area (Å²) >= 11 is 0. The van der Waals surface area contributed by atoms with Crippen LogP contribution < -0.4 is 5.32 Å². The Labute approximate surface area is 108 Å². The molecular weight excluding hydrogens is 226 g/mol. The van der Waals surface area contributed by atoms with Crippen molar-refractivity contribution < 1.29 is 4.74 Å². The largest absolute Gasteiger partial charge is 0.381 e. The van der Waals surface area contributed by atoms with Gasteiger partial charge in [0.25, 0.3) is 0 Å². The van der Waals surface area contributed by atoms with Crippen LogP contribution in [0.1, 0.15) is 48.3 Å². The lowest BCUT2D eigenvalue weighted by molar-refractivity contribution is 0.0844. The van der Waals surface area contributed by atoms with Gasteiger partial charge in [-0.25, -0.2) is 9.97 Å². The molecule has 2 aliphatic heterocycles. The van der Waals surface area contributed by atoms with Crippen molar-refractivity contribution in [3.05, 3.63) is 23.3 Å². The molecule has 0 saturated carbocycles. The third-order valence-electron chi connectivity index (χ3n) is 3.96. The van der Waals surface area contributed by atoms with Crippen molar-refractivity contribution in [1.82, 2.24) is 15.3 Å². The molecule has 3 rings (SSSR count). The maximum absolute atomic E-state index is 5.43. The highest BCUT2D eigenvalue weighted by atomic mass is 16.5. The van der Waals surface area contributed by atoms with Gasteiger partial charge in [0.2, 0.25) is 0 Å². The van der Waals surface area contributed by atoms with E-state index in [4.69, 9.17) is 9.72 Å². The summed E-state index contributed by atoms with van der Waals surface area (Å²) in [6.07, 6.45) is 3.36. The number of rotatable bonds is 2. The summed E-state index contributed by atoms with van der Waals surface area (Å²) in [4.78, 5) is 9.46.